The first-order valence-corrected chi connectivity index (χ1v) is 7.19. The lowest BCUT2D eigenvalue weighted by Gasteiger charge is -2.26. The van der Waals surface area contributed by atoms with E-state index in [4.69, 9.17) is 20.3 Å². The molecule has 124 valence electrons. The summed E-state index contributed by atoms with van der Waals surface area (Å²) < 4.78 is 10.4. The van der Waals surface area contributed by atoms with Gasteiger partial charge < -0.3 is 20.3 Å². The zero-order valence-corrected chi connectivity index (χ0v) is 13.2. The Morgan fingerprint density at radius 2 is 2.00 bits per heavy atom. The summed E-state index contributed by atoms with van der Waals surface area (Å²) in [6.45, 7) is 3.40. The summed E-state index contributed by atoms with van der Waals surface area (Å²) in [5, 5.41) is 18.4. The minimum absolute atomic E-state index is 0.0757. The molecule has 0 amide bonds. The van der Waals surface area contributed by atoms with Gasteiger partial charge in [0.2, 0.25) is 5.88 Å². The van der Waals surface area contributed by atoms with Crippen molar-refractivity contribution in [2.45, 2.75) is 19.8 Å². The van der Waals surface area contributed by atoms with Crippen LogP contribution < -0.4 is 5.73 Å². The summed E-state index contributed by atoms with van der Waals surface area (Å²) in [6, 6.07) is 7.83. The second-order valence-corrected chi connectivity index (χ2v) is 5.04. The summed E-state index contributed by atoms with van der Waals surface area (Å²) in [5.74, 6) is -2.29. The largest absolute Gasteiger partial charge is 0.478 e. The van der Waals surface area contributed by atoms with E-state index in [2.05, 4.69) is 0 Å². The number of allylic oxidation sites excluding steroid dienone is 2. The Labute approximate surface area is 138 Å². The van der Waals surface area contributed by atoms with Crippen LogP contribution in [0, 0.1) is 11.3 Å². The van der Waals surface area contributed by atoms with Crippen LogP contribution in [-0.4, -0.2) is 23.7 Å². The van der Waals surface area contributed by atoms with Crippen LogP contribution in [0.3, 0.4) is 0 Å². The Morgan fingerprint density at radius 3 is 2.50 bits per heavy atom. The maximum Gasteiger partial charge on any atom is 0.338 e. The number of rotatable bonds is 4. The van der Waals surface area contributed by atoms with Crippen LogP contribution in [0.15, 0.2) is 47.1 Å². The number of carboxylic acid groups (broad SMARTS) is 1. The topological polar surface area (TPSA) is 123 Å². The lowest BCUT2D eigenvalue weighted by atomic mass is 9.83. The summed E-state index contributed by atoms with van der Waals surface area (Å²) in [5.41, 5.74) is 6.67. The van der Waals surface area contributed by atoms with E-state index in [1.807, 2.05) is 6.07 Å². The first kappa shape index (κ1) is 17.1. The van der Waals surface area contributed by atoms with Crippen LogP contribution in [0.1, 0.15) is 35.7 Å². The molecule has 0 saturated heterocycles. The van der Waals surface area contributed by atoms with Crippen molar-refractivity contribution in [2.24, 2.45) is 5.73 Å². The quantitative estimate of drug-likeness (QED) is 0.811. The smallest absolute Gasteiger partial charge is 0.338 e. The van der Waals surface area contributed by atoms with E-state index in [0.717, 1.165) is 0 Å². The molecule has 7 nitrogen and oxygen atoms in total. The molecule has 1 heterocycles. The van der Waals surface area contributed by atoms with E-state index >= 15 is 0 Å². The van der Waals surface area contributed by atoms with Crippen molar-refractivity contribution >= 4 is 11.9 Å². The molecule has 0 saturated carbocycles. The SMILES string of the molecule is CCOC(=O)C1=C(C)OC(N)=C(C#N)C1c1ccc(C(=O)O)cc1. The van der Waals surface area contributed by atoms with Crippen molar-refractivity contribution in [3.63, 3.8) is 0 Å². The maximum absolute atomic E-state index is 12.3. The lowest BCUT2D eigenvalue weighted by molar-refractivity contribution is -0.139. The molecule has 3 N–H and O–H groups in total. The van der Waals surface area contributed by atoms with Gasteiger partial charge in [0.15, 0.2) is 0 Å². The van der Waals surface area contributed by atoms with Gasteiger partial charge in [0, 0.05) is 0 Å². The summed E-state index contributed by atoms with van der Waals surface area (Å²) in [6.07, 6.45) is 0. The van der Waals surface area contributed by atoms with Crippen LogP contribution in [0.4, 0.5) is 0 Å². The third-order valence-electron chi connectivity index (χ3n) is 3.59. The predicted molar refractivity (Wildman–Crippen MR) is 83.4 cm³/mol. The van der Waals surface area contributed by atoms with Crippen molar-refractivity contribution in [1.82, 2.24) is 0 Å². The molecule has 7 heteroatoms. The summed E-state index contributed by atoms with van der Waals surface area (Å²) >= 11 is 0. The summed E-state index contributed by atoms with van der Waals surface area (Å²) in [4.78, 5) is 23.3. The zero-order chi connectivity index (χ0) is 17.9. The fourth-order valence-corrected chi connectivity index (χ4v) is 2.51. The molecule has 1 aliphatic heterocycles. The Balaban J connectivity index is 2.57. The molecule has 1 aromatic carbocycles. The first-order chi connectivity index (χ1) is 11.4. The molecule has 0 fully saturated rings. The minimum atomic E-state index is -1.07. The summed E-state index contributed by atoms with van der Waals surface area (Å²) in [7, 11) is 0. The molecule has 2 rings (SSSR count). The van der Waals surface area contributed by atoms with E-state index in [1.165, 1.54) is 24.3 Å². The van der Waals surface area contributed by atoms with E-state index < -0.39 is 17.9 Å². The first-order valence-electron chi connectivity index (χ1n) is 7.19. The standard InChI is InChI=1S/C17H16N2O5/c1-3-23-17(22)13-9(2)24-15(19)12(8-18)14(13)10-4-6-11(7-5-10)16(20)21/h4-7,14H,3,19H2,1-2H3,(H,20,21). The Kier molecular flexibility index (Phi) is 4.90. The highest BCUT2D eigenvalue weighted by Crippen LogP contribution is 2.39. The van der Waals surface area contributed by atoms with Gasteiger partial charge in [-0.1, -0.05) is 12.1 Å². The van der Waals surface area contributed by atoms with Gasteiger partial charge in [0.05, 0.1) is 23.7 Å². The number of carbonyl (C=O) groups is 2. The van der Waals surface area contributed by atoms with Gasteiger partial charge >= 0.3 is 11.9 Å². The van der Waals surface area contributed by atoms with Crippen LogP contribution in [0.5, 0.6) is 0 Å². The molecule has 1 atom stereocenters. The third-order valence-corrected chi connectivity index (χ3v) is 3.59. The second-order valence-electron chi connectivity index (χ2n) is 5.04. The fourth-order valence-electron chi connectivity index (χ4n) is 2.51. The van der Waals surface area contributed by atoms with Crippen molar-refractivity contribution in [1.29, 1.82) is 5.26 Å². The average Bonchev–Trinajstić information content (AvgIpc) is 2.54. The van der Waals surface area contributed by atoms with E-state index in [0.29, 0.717) is 5.56 Å². The van der Waals surface area contributed by atoms with Gasteiger partial charge in [0.25, 0.3) is 0 Å². The monoisotopic (exact) mass is 328 g/mol. The van der Waals surface area contributed by atoms with Crippen molar-refractivity contribution < 1.29 is 24.2 Å². The van der Waals surface area contributed by atoms with Crippen LogP contribution >= 0.6 is 0 Å². The van der Waals surface area contributed by atoms with E-state index in [9.17, 15) is 14.9 Å². The lowest BCUT2D eigenvalue weighted by Crippen LogP contribution is -2.25. The normalized spacial score (nSPS) is 17.1. The fraction of sp³-hybridized carbons (Fsp3) is 0.235. The van der Waals surface area contributed by atoms with Gasteiger partial charge in [-0.05, 0) is 31.5 Å². The zero-order valence-electron chi connectivity index (χ0n) is 13.2. The molecule has 0 radical (unpaired) electrons. The average molecular weight is 328 g/mol. The molecule has 24 heavy (non-hydrogen) atoms. The number of carboxylic acids is 1. The van der Waals surface area contributed by atoms with Crippen molar-refractivity contribution in [3.05, 3.63) is 58.2 Å². The molecule has 0 aliphatic carbocycles. The number of hydrogen-bond acceptors (Lipinski definition) is 6. The highest BCUT2D eigenvalue weighted by Gasteiger charge is 2.36. The Bertz CT molecular complexity index is 784. The number of esters is 1. The van der Waals surface area contributed by atoms with Crippen LogP contribution in [0.25, 0.3) is 0 Å². The number of hydrogen-bond donors (Lipinski definition) is 2. The molecule has 1 aliphatic rings. The van der Waals surface area contributed by atoms with Gasteiger partial charge in [-0.3, -0.25) is 0 Å². The van der Waals surface area contributed by atoms with Crippen LogP contribution in [0.2, 0.25) is 0 Å². The Hall–Kier alpha value is -3.27. The Morgan fingerprint density at radius 1 is 1.38 bits per heavy atom. The molecule has 1 unspecified atom stereocenters. The minimum Gasteiger partial charge on any atom is -0.478 e. The molecule has 0 bridgehead atoms. The molecular formula is C17H16N2O5. The van der Waals surface area contributed by atoms with Crippen LogP contribution in [-0.2, 0) is 14.3 Å². The molecular weight excluding hydrogens is 312 g/mol. The predicted octanol–water partition coefficient (Wildman–Crippen LogP) is 2.03. The molecule has 0 aromatic heterocycles. The van der Waals surface area contributed by atoms with Gasteiger partial charge in [-0.15, -0.1) is 0 Å². The van der Waals surface area contributed by atoms with E-state index in [1.54, 1.807) is 13.8 Å². The van der Waals surface area contributed by atoms with E-state index in [-0.39, 0.29) is 35.0 Å². The molecule has 0 spiro atoms. The van der Waals surface area contributed by atoms with Gasteiger partial charge in [-0.2, -0.15) is 5.26 Å². The third kappa shape index (κ3) is 3.08. The number of nitrogens with two attached hydrogens (primary N) is 1. The number of nitriles is 1. The maximum atomic E-state index is 12.3. The number of carbonyl (C=O) groups excluding carboxylic acids is 1. The molecule has 1 aromatic rings. The van der Waals surface area contributed by atoms with Crippen molar-refractivity contribution in [2.75, 3.05) is 6.61 Å². The number of ether oxygens (including phenoxy) is 2. The highest BCUT2D eigenvalue weighted by atomic mass is 16.5. The van der Waals surface area contributed by atoms with Gasteiger partial charge in [0.1, 0.15) is 17.4 Å². The second kappa shape index (κ2) is 6.87. The van der Waals surface area contributed by atoms with Crippen molar-refractivity contribution in [3.8, 4) is 6.07 Å². The van der Waals surface area contributed by atoms with Gasteiger partial charge in [-0.25, -0.2) is 9.59 Å². The highest BCUT2D eigenvalue weighted by molar-refractivity contribution is 5.93. The number of aromatic carboxylic acids is 1. The number of nitrogens with zero attached hydrogens (tertiary/aromatic N) is 1. The number of benzene rings is 1.